The van der Waals surface area contributed by atoms with Crippen LogP contribution in [0.25, 0.3) is 0 Å². The maximum absolute atomic E-state index is 12.7. The van der Waals surface area contributed by atoms with Crippen molar-refractivity contribution in [2.45, 2.75) is 51.0 Å². The Morgan fingerprint density at radius 3 is 2.70 bits per heavy atom. The topological polar surface area (TPSA) is 73.2 Å². The molecule has 1 unspecified atom stereocenters. The van der Waals surface area contributed by atoms with Crippen LogP contribution in [0.2, 0.25) is 0 Å². The van der Waals surface area contributed by atoms with Gasteiger partial charge in [0.25, 0.3) is 0 Å². The van der Waals surface area contributed by atoms with Gasteiger partial charge in [-0.05, 0) is 38.5 Å². The molecule has 0 aliphatic carbocycles. The van der Waals surface area contributed by atoms with Gasteiger partial charge < -0.3 is 4.74 Å². The van der Waals surface area contributed by atoms with Gasteiger partial charge in [-0.15, -0.1) is 0 Å². The summed E-state index contributed by atoms with van der Waals surface area (Å²) < 4.78 is 35.3. The molecule has 3 rings (SSSR count). The highest BCUT2D eigenvalue weighted by molar-refractivity contribution is 7.89. The molecule has 1 aliphatic rings. The zero-order valence-corrected chi connectivity index (χ0v) is 14.3. The molecule has 0 spiro atoms. The Balaban J connectivity index is 1.85. The number of aromatic nitrogens is 2. The van der Waals surface area contributed by atoms with E-state index in [9.17, 15) is 8.42 Å². The molecule has 0 amide bonds. The molecular weight excluding hydrogens is 314 g/mol. The number of hydrogen-bond acceptors (Lipinski definition) is 4. The summed E-state index contributed by atoms with van der Waals surface area (Å²) >= 11 is 0. The number of hydrogen-bond donors (Lipinski definition) is 1. The molecule has 1 N–H and O–H groups in total. The summed E-state index contributed by atoms with van der Waals surface area (Å²) in [6.45, 7) is 6.65. The van der Waals surface area contributed by atoms with Gasteiger partial charge in [0.2, 0.25) is 10.0 Å². The minimum Gasteiger partial charge on any atom is -0.372 e. The number of nitrogens with one attached hydrogen (secondary N) is 1. The van der Waals surface area contributed by atoms with Gasteiger partial charge in [0.05, 0.1) is 29.8 Å². The van der Waals surface area contributed by atoms with Gasteiger partial charge in [-0.2, -0.15) is 5.10 Å². The van der Waals surface area contributed by atoms with Crippen LogP contribution in [0.1, 0.15) is 49.7 Å². The quantitative estimate of drug-likeness (QED) is 0.911. The highest BCUT2D eigenvalue weighted by atomic mass is 32.2. The first-order valence-electron chi connectivity index (χ1n) is 7.64. The van der Waals surface area contributed by atoms with Gasteiger partial charge >= 0.3 is 0 Å². The van der Waals surface area contributed by atoms with Crippen LogP contribution < -0.4 is 4.72 Å². The number of benzene rings is 1. The Kier molecular flexibility index (Phi) is 4.27. The molecule has 1 aromatic carbocycles. The number of ether oxygens (including phenoxy) is 1. The monoisotopic (exact) mass is 335 g/mol. The molecule has 1 atom stereocenters. The Morgan fingerprint density at radius 2 is 2.00 bits per heavy atom. The largest absolute Gasteiger partial charge is 0.372 e. The summed E-state index contributed by atoms with van der Waals surface area (Å²) in [5.74, 6) is 0. The van der Waals surface area contributed by atoms with Crippen LogP contribution in [0.3, 0.4) is 0 Å². The zero-order valence-electron chi connectivity index (χ0n) is 13.5. The molecule has 0 radical (unpaired) electrons. The first kappa shape index (κ1) is 16.2. The number of rotatable bonds is 5. The fraction of sp³-hybridized carbons (Fsp3) is 0.438. The van der Waals surface area contributed by atoms with E-state index >= 15 is 0 Å². The van der Waals surface area contributed by atoms with Crippen LogP contribution in [-0.4, -0.2) is 18.2 Å². The van der Waals surface area contributed by atoms with E-state index in [2.05, 4.69) is 9.82 Å². The van der Waals surface area contributed by atoms with Crippen LogP contribution in [-0.2, 0) is 28.0 Å². The first-order chi connectivity index (χ1) is 10.9. The molecule has 0 saturated heterocycles. The van der Waals surface area contributed by atoms with Crippen molar-refractivity contribution in [1.82, 2.24) is 14.5 Å². The van der Waals surface area contributed by atoms with E-state index < -0.39 is 16.1 Å². The average molecular weight is 335 g/mol. The van der Waals surface area contributed by atoms with E-state index in [4.69, 9.17) is 4.74 Å². The van der Waals surface area contributed by atoms with Crippen molar-refractivity contribution >= 4 is 10.0 Å². The standard InChI is InChI=1S/C16H21N3O3S/c1-11(2)19-8-7-15(17-19)12(3)18-23(20,21)16-6-4-5-13-9-22-10-14(13)16/h4-8,11-12,18H,9-10H2,1-3H3. The lowest BCUT2D eigenvalue weighted by molar-refractivity contribution is 0.133. The summed E-state index contributed by atoms with van der Waals surface area (Å²) in [5.41, 5.74) is 2.38. The van der Waals surface area contributed by atoms with Crippen LogP contribution in [0.15, 0.2) is 35.4 Å². The Labute approximate surface area is 136 Å². The third-order valence-corrected chi connectivity index (χ3v) is 5.58. The van der Waals surface area contributed by atoms with Crippen molar-refractivity contribution in [3.63, 3.8) is 0 Å². The van der Waals surface area contributed by atoms with Crippen LogP contribution in [0.5, 0.6) is 0 Å². The van der Waals surface area contributed by atoms with Crippen molar-refractivity contribution in [2.24, 2.45) is 0 Å². The third kappa shape index (κ3) is 3.17. The second-order valence-corrected chi connectivity index (χ2v) is 7.73. The third-order valence-electron chi connectivity index (χ3n) is 3.96. The molecule has 2 heterocycles. The lowest BCUT2D eigenvalue weighted by atomic mass is 10.1. The summed E-state index contributed by atoms with van der Waals surface area (Å²) in [5, 5.41) is 4.43. The average Bonchev–Trinajstić information content (AvgIpc) is 3.15. The maximum atomic E-state index is 12.7. The fourth-order valence-corrected chi connectivity index (χ4v) is 4.14. The molecule has 1 aromatic heterocycles. The Bertz CT molecular complexity index is 812. The lowest BCUT2D eigenvalue weighted by Gasteiger charge is -2.14. The van der Waals surface area contributed by atoms with Gasteiger partial charge in [0, 0.05) is 17.8 Å². The molecule has 0 bridgehead atoms. The molecule has 0 fully saturated rings. The van der Waals surface area contributed by atoms with Gasteiger partial charge in [-0.1, -0.05) is 12.1 Å². The van der Waals surface area contributed by atoms with Crippen molar-refractivity contribution in [1.29, 1.82) is 0 Å². The van der Waals surface area contributed by atoms with Gasteiger partial charge in [-0.25, -0.2) is 13.1 Å². The van der Waals surface area contributed by atoms with Gasteiger partial charge in [0.15, 0.2) is 0 Å². The minimum absolute atomic E-state index is 0.238. The molecule has 2 aromatic rings. The van der Waals surface area contributed by atoms with Crippen LogP contribution in [0.4, 0.5) is 0 Å². The van der Waals surface area contributed by atoms with E-state index in [0.717, 1.165) is 11.1 Å². The first-order valence-corrected chi connectivity index (χ1v) is 9.12. The molecule has 0 saturated carbocycles. The second kappa shape index (κ2) is 6.07. The predicted octanol–water partition coefficient (Wildman–Crippen LogP) is 2.53. The van der Waals surface area contributed by atoms with E-state index in [0.29, 0.717) is 23.8 Å². The molecule has 7 heteroatoms. The SMILES string of the molecule is CC(NS(=O)(=O)c1cccc2c1COC2)c1ccn(C(C)C)n1. The normalized spacial score (nSPS) is 15.8. The van der Waals surface area contributed by atoms with E-state index in [1.807, 2.05) is 36.9 Å². The summed E-state index contributed by atoms with van der Waals surface area (Å²) in [7, 11) is -3.62. The van der Waals surface area contributed by atoms with Gasteiger partial charge in [-0.3, -0.25) is 4.68 Å². The van der Waals surface area contributed by atoms with Crippen LogP contribution >= 0.6 is 0 Å². The highest BCUT2D eigenvalue weighted by Gasteiger charge is 2.26. The van der Waals surface area contributed by atoms with E-state index in [-0.39, 0.29) is 6.04 Å². The molecule has 124 valence electrons. The number of sulfonamides is 1. The maximum Gasteiger partial charge on any atom is 0.241 e. The van der Waals surface area contributed by atoms with Crippen molar-refractivity contribution in [2.75, 3.05) is 0 Å². The number of nitrogens with zero attached hydrogens (tertiary/aromatic N) is 2. The molecule has 6 nitrogen and oxygen atoms in total. The minimum atomic E-state index is -3.62. The Morgan fingerprint density at radius 1 is 1.22 bits per heavy atom. The van der Waals surface area contributed by atoms with Crippen molar-refractivity contribution < 1.29 is 13.2 Å². The molecule has 1 aliphatic heterocycles. The highest BCUT2D eigenvalue weighted by Crippen LogP contribution is 2.27. The second-order valence-electron chi connectivity index (χ2n) is 6.04. The van der Waals surface area contributed by atoms with Crippen LogP contribution in [0, 0.1) is 0 Å². The summed E-state index contributed by atoms with van der Waals surface area (Å²) in [6, 6.07) is 6.94. The van der Waals surface area contributed by atoms with E-state index in [1.165, 1.54) is 0 Å². The predicted molar refractivity (Wildman–Crippen MR) is 86.3 cm³/mol. The zero-order chi connectivity index (χ0) is 16.6. The molecule has 23 heavy (non-hydrogen) atoms. The Hall–Kier alpha value is -1.70. The van der Waals surface area contributed by atoms with Crippen molar-refractivity contribution in [3.8, 4) is 0 Å². The van der Waals surface area contributed by atoms with Crippen molar-refractivity contribution in [3.05, 3.63) is 47.3 Å². The molecular formula is C16H21N3O3S. The fourth-order valence-electron chi connectivity index (χ4n) is 2.65. The van der Waals surface area contributed by atoms with E-state index in [1.54, 1.807) is 19.1 Å². The number of fused-ring (bicyclic) bond motifs is 1. The van der Waals surface area contributed by atoms with Gasteiger partial charge in [0.1, 0.15) is 0 Å². The summed E-state index contributed by atoms with van der Waals surface area (Å²) in [6.07, 6.45) is 1.86. The lowest BCUT2D eigenvalue weighted by Crippen LogP contribution is -2.28. The smallest absolute Gasteiger partial charge is 0.241 e. The summed E-state index contributed by atoms with van der Waals surface area (Å²) in [4.78, 5) is 0.294.